The van der Waals surface area contributed by atoms with Crippen LogP contribution in [0.1, 0.15) is 12.0 Å². The third kappa shape index (κ3) is 4.20. The van der Waals surface area contributed by atoms with Crippen molar-refractivity contribution in [3.05, 3.63) is 71.4 Å². The molecule has 2 heterocycles. The number of anilines is 1. The van der Waals surface area contributed by atoms with Crippen LogP contribution in [0.25, 0.3) is 10.9 Å². The maximum atomic E-state index is 6.13. The number of nitrogens with zero attached hydrogens (tertiary/aromatic N) is 3. The van der Waals surface area contributed by atoms with Crippen LogP contribution in [0.5, 0.6) is 0 Å². The number of nitrogens with one attached hydrogen (secondary N) is 2. The van der Waals surface area contributed by atoms with Crippen LogP contribution in [-0.4, -0.2) is 37.1 Å². The van der Waals surface area contributed by atoms with E-state index < -0.39 is 0 Å². The highest BCUT2D eigenvalue weighted by molar-refractivity contribution is 6.30. The Balaban J connectivity index is 1.36. The van der Waals surface area contributed by atoms with Gasteiger partial charge in [-0.05, 0) is 42.3 Å². The summed E-state index contributed by atoms with van der Waals surface area (Å²) < 4.78 is 0. The third-order valence-electron chi connectivity index (χ3n) is 5.11. The molecule has 1 aliphatic rings. The van der Waals surface area contributed by atoms with Crippen LogP contribution in [0, 0.1) is 0 Å². The van der Waals surface area contributed by atoms with Crippen molar-refractivity contribution in [2.24, 2.45) is 4.99 Å². The van der Waals surface area contributed by atoms with Gasteiger partial charge < -0.3 is 15.5 Å². The summed E-state index contributed by atoms with van der Waals surface area (Å²) in [6.07, 6.45) is 2.92. The lowest BCUT2D eigenvalue weighted by Crippen LogP contribution is -2.44. The number of fused-ring (bicyclic) bond motifs is 1. The first-order valence-corrected chi connectivity index (χ1v) is 9.91. The van der Waals surface area contributed by atoms with Gasteiger partial charge in [-0.25, -0.2) is 0 Å². The van der Waals surface area contributed by atoms with Crippen LogP contribution < -0.4 is 15.5 Å². The van der Waals surface area contributed by atoms with Crippen LogP contribution in [0.3, 0.4) is 0 Å². The number of rotatable bonds is 4. The summed E-state index contributed by atoms with van der Waals surface area (Å²) in [5, 5.41) is 8.93. The summed E-state index contributed by atoms with van der Waals surface area (Å²) >= 11 is 6.13. The average molecular weight is 394 g/mol. The Kier molecular flexibility index (Phi) is 5.63. The number of aromatic nitrogens is 1. The topological polar surface area (TPSA) is 52.6 Å². The Hall–Kier alpha value is -2.79. The van der Waals surface area contributed by atoms with Crippen molar-refractivity contribution in [3.8, 4) is 0 Å². The standard InChI is InChI=1S/C22H24ClN5/c1-24-22(26-14-16-9-11-25-21-8-3-2-7-20(16)21)27-18-10-12-28(15-18)19-6-4-5-17(23)13-19/h2-9,11,13,18H,10,12,14-15H2,1H3,(H2,24,26,27). The van der Waals surface area contributed by atoms with Gasteiger partial charge in [0.05, 0.1) is 5.52 Å². The first kappa shape index (κ1) is 18.6. The predicted octanol–water partition coefficient (Wildman–Crippen LogP) is 3.83. The highest BCUT2D eigenvalue weighted by Crippen LogP contribution is 2.23. The van der Waals surface area contributed by atoms with Gasteiger partial charge in [0.25, 0.3) is 0 Å². The Morgan fingerprint density at radius 3 is 2.96 bits per heavy atom. The summed E-state index contributed by atoms with van der Waals surface area (Å²) in [5.74, 6) is 0.818. The van der Waals surface area contributed by atoms with Crippen molar-refractivity contribution in [3.63, 3.8) is 0 Å². The van der Waals surface area contributed by atoms with E-state index in [4.69, 9.17) is 11.6 Å². The zero-order valence-electron chi connectivity index (χ0n) is 15.9. The fraction of sp³-hybridized carbons (Fsp3) is 0.273. The summed E-state index contributed by atoms with van der Waals surface area (Å²) in [4.78, 5) is 11.2. The summed E-state index contributed by atoms with van der Waals surface area (Å²) in [6.45, 7) is 2.64. The second-order valence-corrected chi connectivity index (χ2v) is 7.41. The average Bonchev–Trinajstić information content (AvgIpc) is 3.19. The Labute approximate surface area is 170 Å². The molecular formula is C22H24ClN5. The Bertz CT molecular complexity index is 982. The molecule has 2 aromatic carbocycles. The summed E-state index contributed by atoms with van der Waals surface area (Å²) in [6, 6.07) is 18.6. The minimum Gasteiger partial charge on any atom is -0.369 e. The van der Waals surface area contributed by atoms with Crippen molar-refractivity contribution in [1.29, 1.82) is 0 Å². The highest BCUT2D eigenvalue weighted by atomic mass is 35.5. The number of halogens is 1. The van der Waals surface area contributed by atoms with Crippen molar-refractivity contribution in [2.75, 3.05) is 25.0 Å². The zero-order valence-corrected chi connectivity index (χ0v) is 16.7. The van der Waals surface area contributed by atoms with E-state index in [0.717, 1.165) is 36.0 Å². The third-order valence-corrected chi connectivity index (χ3v) is 5.35. The number of para-hydroxylation sites is 1. The SMILES string of the molecule is CN=C(NCc1ccnc2ccccc12)NC1CCN(c2cccc(Cl)c2)C1. The van der Waals surface area contributed by atoms with E-state index >= 15 is 0 Å². The summed E-state index contributed by atoms with van der Waals surface area (Å²) in [5.41, 5.74) is 3.39. The molecule has 0 amide bonds. The van der Waals surface area contributed by atoms with E-state index in [1.165, 1.54) is 16.6 Å². The van der Waals surface area contributed by atoms with Gasteiger partial charge in [-0.3, -0.25) is 9.98 Å². The maximum absolute atomic E-state index is 6.13. The Morgan fingerprint density at radius 1 is 1.21 bits per heavy atom. The lowest BCUT2D eigenvalue weighted by atomic mass is 10.1. The molecule has 2 N–H and O–H groups in total. The van der Waals surface area contributed by atoms with Gasteiger partial charge in [0, 0.05) is 55.0 Å². The van der Waals surface area contributed by atoms with Crippen molar-refractivity contribution < 1.29 is 0 Å². The van der Waals surface area contributed by atoms with Crippen LogP contribution in [0.2, 0.25) is 5.02 Å². The molecule has 0 bridgehead atoms. The monoisotopic (exact) mass is 393 g/mol. The molecular weight excluding hydrogens is 370 g/mol. The smallest absolute Gasteiger partial charge is 0.191 e. The van der Waals surface area contributed by atoms with Crippen LogP contribution in [0.4, 0.5) is 5.69 Å². The quantitative estimate of drug-likeness (QED) is 0.522. The van der Waals surface area contributed by atoms with Gasteiger partial charge in [0.1, 0.15) is 0 Å². The minimum absolute atomic E-state index is 0.347. The predicted molar refractivity (Wildman–Crippen MR) is 117 cm³/mol. The molecule has 4 rings (SSSR count). The summed E-state index contributed by atoms with van der Waals surface area (Å²) in [7, 11) is 1.81. The molecule has 1 aliphatic heterocycles. The molecule has 0 saturated carbocycles. The molecule has 1 fully saturated rings. The number of guanidine groups is 1. The number of aliphatic imine (C=N–C) groups is 1. The second kappa shape index (κ2) is 8.48. The van der Waals surface area contributed by atoms with Crippen LogP contribution >= 0.6 is 11.6 Å². The molecule has 1 saturated heterocycles. The van der Waals surface area contributed by atoms with Crippen molar-refractivity contribution in [2.45, 2.75) is 19.0 Å². The molecule has 1 aromatic heterocycles. The van der Waals surface area contributed by atoms with Gasteiger partial charge >= 0.3 is 0 Å². The van der Waals surface area contributed by atoms with E-state index in [1.54, 1.807) is 0 Å². The molecule has 6 heteroatoms. The Morgan fingerprint density at radius 2 is 2.11 bits per heavy atom. The first-order chi connectivity index (χ1) is 13.7. The molecule has 144 valence electrons. The molecule has 0 radical (unpaired) electrons. The molecule has 1 unspecified atom stereocenters. The zero-order chi connectivity index (χ0) is 19.3. The number of hydrogen-bond acceptors (Lipinski definition) is 3. The highest BCUT2D eigenvalue weighted by Gasteiger charge is 2.23. The van der Waals surface area contributed by atoms with Gasteiger partial charge in [-0.15, -0.1) is 0 Å². The lowest BCUT2D eigenvalue weighted by Gasteiger charge is -2.20. The molecule has 1 atom stereocenters. The van der Waals surface area contributed by atoms with E-state index in [2.05, 4.69) is 43.7 Å². The van der Waals surface area contributed by atoms with E-state index in [1.807, 2.05) is 49.6 Å². The van der Waals surface area contributed by atoms with Gasteiger partial charge in [-0.1, -0.05) is 35.9 Å². The molecule has 0 spiro atoms. The van der Waals surface area contributed by atoms with E-state index in [0.29, 0.717) is 12.6 Å². The van der Waals surface area contributed by atoms with Gasteiger partial charge in [-0.2, -0.15) is 0 Å². The second-order valence-electron chi connectivity index (χ2n) is 6.97. The molecule has 0 aliphatic carbocycles. The van der Waals surface area contributed by atoms with Crippen LogP contribution in [0.15, 0.2) is 65.8 Å². The number of hydrogen-bond donors (Lipinski definition) is 2. The normalized spacial score (nSPS) is 17.1. The van der Waals surface area contributed by atoms with E-state index in [9.17, 15) is 0 Å². The van der Waals surface area contributed by atoms with Crippen molar-refractivity contribution in [1.82, 2.24) is 15.6 Å². The van der Waals surface area contributed by atoms with Crippen LogP contribution in [-0.2, 0) is 6.54 Å². The molecule has 3 aromatic rings. The molecule has 28 heavy (non-hydrogen) atoms. The lowest BCUT2D eigenvalue weighted by molar-refractivity contribution is 0.649. The van der Waals surface area contributed by atoms with E-state index in [-0.39, 0.29) is 0 Å². The fourth-order valence-electron chi connectivity index (χ4n) is 3.66. The number of pyridine rings is 1. The van der Waals surface area contributed by atoms with Crippen molar-refractivity contribution >= 4 is 34.2 Å². The maximum Gasteiger partial charge on any atom is 0.191 e. The fourth-order valence-corrected chi connectivity index (χ4v) is 3.85. The first-order valence-electron chi connectivity index (χ1n) is 9.53. The molecule has 5 nitrogen and oxygen atoms in total. The number of benzene rings is 2. The largest absolute Gasteiger partial charge is 0.369 e. The minimum atomic E-state index is 0.347. The van der Waals surface area contributed by atoms with Gasteiger partial charge in [0.2, 0.25) is 0 Å². The van der Waals surface area contributed by atoms with Gasteiger partial charge in [0.15, 0.2) is 5.96 Å².